The minimum Gasteiger partial charge on any atom is -0.372 e. The van der Waals surface area contributed by atoms with E-state index in [0.717, 1.165) is 10.8 Å². The highest BCUT2D eigenvalue weighted by Crippen LogP contribution is 2.19. The molecule has 24 heavy (non-hydrogen) atoms. The average molecular weight is 354 g/mol. The van der Waals surface area contributed by atoms with Gasteiger partial charge in [-0.2, -0.15) is 0 Å². The van der Waals surface area contributed by atoms with Crippen LogP contribution in [0.5, 0.6) is 0 Å². The normalized spacial score (nSPS) is 15.4. The molecule has 1 N–H and O–H groups in total. The monoisotopic (exact) mass is 354 g/mol. The Morgan fingerprint density at radius 3 is 2.71 bits per heavy atom. The highest BCUT2D eigenvalue weighted by Gasteiger charge is 2.27. The van der Waals surface area contributed by atoms with Crippen LogP contribution in [-0.2, 0) is 20.9 Å². The lowest BCUT2D eigenvalue weighted by Crippen LogP contribution is -2.44. The van der Waals surface area contributed by atoms with Crippen molar-refractivity contribution >= 4 is 28.3 Å². The SMILES string of the molecule is CCOCC(=O)N1CCC(C(=O)NCc2csc(N(C)C)n2)CC1. The van der Waals surface area contributed by atoms with Crippen LogP contribution in [0.15, 0.2) is 5.38 Å². The predicted molar refractivity (Wildman–Crippen MR) is 94.1 cm³/mol. The maximum atomic E-state index is 12.3. The van der Waals surface area contributed by atoms with Gasteiger partial charge in [0.15, 0.2) is 5.13 Å². The number of nitrogens with one attached hydrogen (secondary N) is 1. The first-order valence-electron chi connectivity index (χ1n) is 8.26. The van der Waals surface area contributed by atoms with Gasteiger partial charge in [0.1, 0.15) is 6.61 Å². The van der Waals surface area contributed by atoms with Crippen LogP contribution in [0.3, 0.4) is 0 Å². The number of carbonyl (C=O) groups is 2. The summed E-state index contributed by atoms with van der Waals surface area (Å²) in [6, 6.07) is 0. The molecule has 0 unspecified atom stereocenters. The Kier molecular flexibility index (Phi) is 6.99. The quantitative estimate of drug-likeness (QED) is 0.794. The van der Waals surface area contributed by atoms with E-state index in [1.807, 2.05) is 31.3 Å². The number of anilines is 1. The largest absolute Gasteiger partial charge is 0.372 e. The van der Waals surface area contributed by atoms with Gasteiger partial charge in [-0.05, 0) is 19.8 Å². The Bertz CT molecular complexity index is 553. The summed E-state index contributed by atoms with van der Waals surface area (Å²) in [5.74, 6) is 0.0220. The average Bonchev–Trinajstić information content (AvgIpc) is 3.07. The predicted octanol–water partition coefficient (Wildman–Crippen LogP) is 1.10. The van der Waals surface area contributed by atoms with Gasteiger partial charge in [0.25, 0.3) is 0 Å². The fourth-order valence-electron chi connectivity index (χ4n) is 2.58. The third-order valence-corrected chi connectivity index (χ3v) is 5.07. The van der Waals surface area contributed by atoms with Crippen LogP contribution in [0.1, 0.15) is 25.5 Å². The van der Waals surface area contributed by atoms with E-state index in [0.29, 0.717) is 39.1 Å². The second-order valence-corrected chi connectivity index (χ2v) is 6.86. The Morgan fingerprint density at radius 2 is 2.12 bits per heavy atom. The summed E-state index contributed by atoms with van der Waals surface area (Å²) in [6.07, 6.45) is 1.40. The number of hydrogen-bond acceptors (Lipinski definition) is 6. The zero-order valence-corrected chi connectivity index (χ0v) is 15.4. The van der Waals surface area contributed by atoms with Crippen LogP contribution in [0.2, 0.25) is 0 Å². The lowest BCUT2D eigenvalue weighted by atomic mass is 9.96. The molecule has 2 amide bonds. The Labute approximate surface area is 147 Å². The summed E-state index contributed by atoms with van der Waals surface area (Å²) < 4.78 is 5.15. The maximum absolute atomic E-state index is 12.3. The number of ether oxygens (including phenoxy) is 1. The number of piperidine rings is 1. The number of hydrogen-bond donors (Lipinski definition) is 1. The first-order chi connectivity index (χ1) is 11.5. The first-order valence-corrected chi connectivity index (χ1v) is 9.14. The molecule has 134 valence electrons. The number of aromatic nitrogens is 1. The van der Waals surface area contributed by atoms with Crippen molar-refractivity contribution in [2.24, 2.45) is 5.92 Å². The van der Waals surface area contributed by atoms with Crippen molar-refractivity contribution < 1.29 is 14.3 Å². The third kappa shape index (κ3) is 5.17. The molecule has 2 rings (SSSR count). The zero-order chi connectivity index (χ0) is 17.5. The summed E-state index contributed by atoms with van der Waals surface area (Å²) in [5, 5.41) is 5.85. The minimum absolute atomic E-state index is 0.00870. The number of nitrogens with zero attached hydrogens (tertiary/aromatic N) is 3. The zero-order valence-electron chi connectivity index (χ0n) is 14.6. The Morgan fingerprint density at radius 1 is 1.42 bits per heavy atom. The van der Waals surface area contributed by atoms with Crippen molar-refractivity contribution in [2.45, 2.75) is 26.3 Å². The van der Waals surface area contributed by atoms with Gasteiger partial charge in [0.05, 0.1) is 12.2 Å². The van der Waals surface area contributed by atoms with Crippen LogP contribution in [0.4, 0.5) is 5.13 Å². The molecule has 1 aromatic rings. The molecule has 1 aliphatic heterocycles. The van der Waals surface area contributed by atoms with E-state index in [1.54, 1.807) is 16.2 Å². The summed E-state index contributed by atoms with van der Waals surface area (Å²) >= 11 is 1.56. The van der Waals surface area contributed by atoms with E-state index in [4.69, 9.17) is 4.74 Å². The molecule has 0 spiro atoms. The Hall–Kier alpha value is -1.67. The summed E-state index contributed by atoms with van der Waals surface area (Å²) in [7, 11) is 3.89. The van der Waals surface area contributed by atoms with Gasteiger partial charge in [0, 0.05) is 45.1 Å². The molecule has 1 fully saturated rings. The van der Waals surface area contributed by atoms with Crippen LogP contribution < -0.4 is 10.2 Å². The van der Waals surface area contributed by atoms with Gasteiger partial charge >= 0.3 is 0 Å². The van der Waals surface area contributed by atoms with E-state index in [2.05, 4.69) is 10.3 Å². The van der Waals surface area contributed by atoms with Crippen molar-refractivity contribution in [2.75, 3.05) is 45.3 Å². The van der Waals surface area contributed by atoms with Gasteiger partial charge in [-0.3, -0.25) is 9.59 Å². The van der Waals surface area contributed by atoms with E-state index < -0.39 is 0 Å². The number of carbonyl (C=O) groups excluding carboxylic acids is 2. The molecule has 0 aliphatic carbocycles. The van der Waals surface area contributed by atoms with E-state index in [-0.39, 0.29) is 24.3 Å². The highest BCUT2D eigenvalue weighted by molar-refractivity contribution is 7.13. The Balaban J connectivity index is 1.73. The standard InChI is InChI=1S/C16H26N4O3S/c1-4-23-10-14(21)20-7-5-12(6-8-20)15(22)17-9-13-11-24-16(18-13)19(2)3/h11-12H,4-10H2,1-3H3,(H,17,22). The minimum atomic E-state index is -0.0342. The fourth-order valence-corrected chi connectivity index (χ4v) is 3.33. The van der Waals surface area contributed by atoms with Gasteiger partial charge < -0.3 is 19.9 Å². The van der Waals surface area contributed by atoms with Gasteiger partial charge in [-0.15, -0.1) is 11.3 Å². The second kappa shape index (κ2) is 8.98. The van der Waals surface area contributed by atoms with Crippen molar-refractivity contribution in [3.63, 3.8) is 0 Å². The lowest BCUT2D eigenvalue weighted by molar-refractivity contribution is -0.139. The molecule has 0 aromatic carbocycles. The second-order valence-electron chi connectivity index (χ2n) is 6.03. The van der Waals surface area contributed by atoms with Crippen LogP contribution in [0, 0.1) is 5.92 Å². The summed E-state index contributed by atoms with van der Waals surface area (Å²) in [4.78, 5) is 32.4. The number of thiazole rings is 1. The molecular weight excluding hydrogens is 328 g/mol. The number of likely N-dealkylation sites (tertiary alicyclic amines) is 1. The van der Waals surface area contributed by atoms with E-state index in [9.17, 15) is 9.59 Å². The van der Waals surface area contributed by atoms with Crippen LogP contribution in [0.25, 0.3) is 0 Å². The van der Waals surface area contributed by atoms with Crippen molar-refractivity contribution in [1.29, 1.82) is 0 Å². The molecule has 0 atom stereocenters. The highest BCUT2D eigenvalue weighted by atomic mass is 32.1. The van der Waals surface area contributed by atoms with Crippen molar-refractivity contribution in [1.82, 2.24) is 15.2 Å². The molecule has 8 heteroatoms. The molecule has 1 aliphatic rings. The molecule has 0 radical (unpaired) electrons. The topological polar surface area (TPSA) is 74.8 Å². The van der Waals surface area contributed by atoms with Gasteiger partial charge in [-0.25, -0.2) is 4.98 Å². The summed E-state index contributed by atoms with van der Waals surface area (Å²) in [6.45, 7) is 4.22. The number of rotatable bonds is 7. The van der Waals surface area contributed by atoms with Crippen molar-refractivity contribution in [3.8, 4) is 0 Å². The van der Waals surface area contributed by atoms with Crippen LogP contribution in [-0.4, -0.2) is 62.1 Å². The maximum Gasteiger partial charge on any atom is 0.248 e. The van der Waals surface area contributed by atoms with E-state index in [1.165, 1.54) is 0 Å². The molecule has 7 nitrogen and oxygen atoms in total. The molecular formula is C16H26N4O3S. The van der Waals surface area contributed by atoms with Gasteiger partial charge in [-0.1, -0.05) is 0 Å². The lowest BCUT2D eigenvalue weighted by Gasteiger charge is -2.31. The van der Waals surface area contributed by atoms with Gasteiger partial charge in [0.2, 0.25) is 11.8 Å². The number of amides is 2. The summed E-state index contributed by atoms with van der Waals surface area (Å²) in [5.41, 5.74) is 0.876. The van der Waals surface area contributed by atoms with Crippen LogP contribution >= 0.6 is 11.3 Å². The van der Waals surface area contributed by atoms with Crippen molar-refractivity contribution in [3.05, 3.63) is 11.1 Å². The molecule has 1 saturated heterocycles. The molecule has 1 aromatic heterocycles. The smallest absolute Gasteiger partial charge is 0.248 e. The molecule has 0 saturated carbocycles. The third-order valence-electron chi connectivity index (χ3n) is 4.01. The molecule has 0 bridgehead atoms. The fraction of sp³-hybridized carbons (Fsp3) is 0.688. The first kappa shape index (κ1) is 18.7. The van der Waals surface area contributed by atoms with E-state index >= 15 is 0 Å². The molecule has 2 heterocycles.